The zero-order chi connectivity index (χ0) is 17.3. The van der Waals surface area contributed by atoms with Crippen molar-refractivity contribution in [2.24, 2.45) is 5.10 Å². The molecule has 6 heteroatoms. The summed E-state index contributed by atoms with van der Waals surface area (Å²) in [5, 5.41) is 22.3. The number of piperidine rings is 1. The fourth-order valence-electron chi connectivity index (χ4n) is 3.74. The fourth-order valence-corrected chi connectivity index (χ4v) is 3.74. The number of para-hydroxylation sites is 1. The molecule has 2 unspecified atom stereocenters. The molecule has 4 N–H and O–H groups in total. The molecule has 1 fully saturated rings. The van der Waals surface area contributed by atoms with E-state index >= 15 is 0 Å². The van der Waals surface area contributed by atoms with Crippen LogP contribution in [0.5, 0.6) is 5.75 Å². The van der Waals surface area contributed by atoms with Gasteiger partial charge < -0.3 is 10.4 Å². The minimum absolute atomic E-state index is 0.232. The third-order valence-electron chi connectivity index (χ3n) is 4.97. The summed E-state index contributed by atoms with van der Waals surface area (Å²) >= 11 is 0. The minimum atomic E-state index is -0.807. The van der Waals surface area contributed by atoms with Gasteiger partial charge in [-0.25, -0.2) is 0 Å². The van der Waals surface area contributed by atoms with E-state index in [-0.39, 0.29) is 11.8 Å². The largest absolute Gasteiger partial charge is 0.508 e. The molecule has 0 aliphatic carbocycles. The monoisotopic (exact) mass is 337 g/mol. The van der Waals surface area contributed by atoms with Crippen LogP contribution >= 0.6 is 0 Å². The Hall–Kier alpha value is -2.44. The Morgan fingerprint density at radius 3 is 2.84 bits per heavy atom. The summed E-state index contributed by atoms with van der Waals surface area (Å²) in [6.07, 6.45) is 3.97. The Morgan fingerprint density at radius 2 is 2.04 bits per heavy atom. The number of hydrazone groups is 1. The average molecular weight is 337 g/mol. The molecule has 130 valence electrons. The summed E-state index contributed by atoms with van der Waals surface area (Å²) in [5.41, 5.74) is 5.91. The lowest BCUT2D eigenvalue weighted by Gasteiger charge is -2.42. The van der Waals surface area contributed by atoms with Gasteiger partial charge in [0.2, 0.25) is 0 Å². The molecule has 2 aromatic rings. The van der Waals surface area contributed by atoms with Crippen molar-refractivity contribution in [3.63, 3.8) is 0 Å². The predicted molar refractivity (Wildman–Crippen MR) is 97.5 cm³/mol. The maximum Gasteiger partial charge on any atom is 0.162 e. The van der Waals surface area contributed by atoms with E-state index in [9.17, 15) is 5.11 Å². The van der Waals surface area contributed by atoms with Gasteiger partial charge in [-0.2, -0.15) is 5.10 Å². The standard InChI is InChI=1S/C19H23N5O/c1-13-18-16(8-5-11-21-18)19(24-23-13,15-7-2-3-9-17(15)25)22-14-6-4-10-20-12-14/h2-3,5,7-9,11,14,20,22,24-25H,4,6,10,12H2,1H3. The molecule has 4 rings (SSSR count). The van der Waals surface area contributed by atoms with Crippen LogP contribution in [0, 0.1) is 0 Å². The van der Waals surface area contributed by atoms with Crippen LogP contribution in [0.15, 0.2) is 47.7 Å². The maximum absolute atomic E-state index is 10.6. The SMILES string of the molecule is CC1=NNC(NC2CCCNC2)(c2ccccc2O)c2cccnc21. The van der Waals surface area contributed by atoms with Crippen molar-refractivity contribution in [2.45, 2.75) is 31.5 Å². The van der Waals surface area contributed by atoms with Gasteiger partial charge in [-0.15, -0.1) is 0 Å². The van der Waals surface area contributed by atoms with E-state index < -0.39 is 5.66 Å². The molecule has 0 amide bonds. The molecule has 0 saturated carbocycles. The highest BCUT2D eigenvalue weighted by Crippen LogP contribution is 2.37. The number of phenols is 1. The van der Waals surface area contributed by atoms with E-state index in [4.69, 9.17) is 0 Å². The lowest BCUT2D eigenvalue weighted by molar-refractivity contribution is 0.244. The van der Waals surface area contributed by atoms with Crippen molar-refractivity contribution in [1.82, 2.24) is 21.0 Å². The van der Waals surface area contributed by atoms with Crippen molar-refractivity contribution >= 4 is 5.71 Å². The Morgan fingerprint density at radius 1 is 1.20 bits per heavy atom. The maximum atomic E-state index is 10.6. The smallest absolute Gasteiger partial charge is 0.162 e. The zero-order valence-electron chi connectivity index (χ0n) is 14.3. The first-order valence-corrected chi connectivity index (χ1v) is 8.75. The van der Waals surface area contributed by atoms with E-state index in [0.29, 0.717) is 0 Å². The van der Waals surface area contributed by atoms with E-state index in [1.807, 2.05) is 37.3 Å². The number of benzene rings is 1. The highest BCUT2D eigenvalue weighted by molar-refractivity contribution is 5.99. The highest BCUT2D eigenvalue weighted by atomic mass is 16.3. The number of hydrogen-bond acceptors (Lipinski definition) is 6. The van der Waals surface area contributed by atoms with Gasteiger partial charge in [0.25, 0.3) is 0 Å². The summed E-state index contributed by atoms with van der Waals surface area (Å²) in [6.45, 7) is 3.87. The van der Waals surface area contributed by atoms with Gasteiger partial charge in [-0.1, -0.05) is 24.3 Å². The van der Waals surface area contributed by atoms with Crippen LogP contribution < -0.4 is 16.1 Å². The third kappa shape index (κ3) is 2.77. The second-order valence-electron chi connectivity index (χ2n) is 6.66. The number of aromatic hydroxyl groups is 1. The first kappa shape index (κ1) is 16.1. The number of phenolic OH excluding ortho intramolecular Hbond substituents is 1. The predicted octanol–water partition coefficient (Wildman–Crippen LogP) is 1.66. The van der Waals surface area contributed by atoms with E-state index in [1.54, 1.807) is 12.3 Å². The van der Waals surface area contributed by atoms with Crippen molar-refractivity contribution < 1.29 is 5.11 Å². The van der Waals surface area contributed by atoms with Gasteiger partial charge in [0, 0.05) is 29.9 Å². The first-order valence-electron chi connectivity index (χ1n) is 8.75. The van der Waals surface area contributed by atoms with Gasteiger partial charge >= 0.3 is 0 Å². The third-order valence-corrected chi connectivity index (χ3v) is 4.97. The van der Waals surface area contributed by atoms with Crippen LogP contribution in [-0.4, -0.2) is 34.9 Å². The molecule has 1 aromatic heterocycles. The van der Waals surface area contributed by atoms with Crippen molar-refractivity contribution in [1.29, 1.82) is 0 Å². The average Bonchev–Trinajstić information content (AvgIpc) is 2.66. The summed E-state index contributed by atoms with van der Waals surface area (Å²) in [4.78, 5) is 4.54. The van der Waals surface area contributed by atoms with Crippen LogP contribution in [0.4, 0.5) is 0 Å². The second kappa shape index (κ2) is 6.46. The summed E-state index contributed by atoms with van der Waals surface area (Å²) in [7, 11) is 0. The number of rotatable bonds is 3. The topological polar surface area (TPSA) is 81.6 Å². The van der Waals surface area contributed by atoms with Crippen LogP contribution in [0.1, 0.15) is 36.6 Å². The van der Waals surface area contributed by atoms with Crippen LogP contribution in [0.3, 0.4) is 0 Å². The Labute approximate surface area is 147 Å². The van der Waals surface area contributed by atoms with Gasteiger partial charge in [-0.3, -0.25) is 15.7 Å². The van der Waals surface area contributed by atoms with E-state index in [0.717, 1.165) is 48.5 Å². The highest BCUT2D eigenvalue weighted by Gasteiger charge is 2.42. The lowest BCUT2D eigenvalue weighted by atomic mass is 9.86. The van der Waals surface area contributed by atoms with Crippen LogP contribution in [0.25, 0.3) is 0 Å². The quantitative estimate of drug-likeness (QED) is 0.685. The van der Waals surface area contributed by atoms with Crippen molar-refractivity contribution in [3.05, 3.63) is 59.4 Å². The zero-order valence-corrected chi connectivity index (χ0v) is 14.3. The molecule has 0 bridgehead atoms. The lowest BCUT2D eigenvalue weighted by Crippen LogP contribution is -2.61. The van der Waals surface area contributed by atoms with E-state index in [1.165, 1.54) is 0 Å². The number of pyridine rings is 1. The number of aromatic nitrogens is 1. The molecule has 2 aliphatic rings. The van der Waals surface area contributed by atoms with Gasteiger partial charge in [0.05, 0.1) is 11.4 Å². The summed E-state index contributed by atoms with van der Waals surface area (Å²) < 4.78 is 0. The molecule has 0 spiro atoms. The number of hydrogen-bond donors (Lipinski definition) is 4. The number of nitrogens with zero attached hydrogens (tertiary/aromatic N) is 2. The summed E-state index contributed by atoms with van der Waals surface area (Å²) in [6, 6.07) is 11.6. The van der Waals surface area contributed by atoms with Gasteiger partial charge in [0.15, 0.2) is 5.66 Å². The number of fused-ring (bicyclic) bond motifs is 1. The van der Waals surface area contributed by atoms with Crippen molar-refractivity contribution in [2.75, 3.05) is 13.1 Å². The van der Waals surface area contributed by atoms with Crippen LogP contribution in [-0.2, 0) is 5.66 Å². The van der Waals surface area contributed by atoms with Crippen molar-refractivity contribution in [3.8, 4) is 5.75 Å². The Balaban J connectivity index is 1.87. The minimum Gasteiger partial charge on any atom is -0.508 e. The molecule has 1 saturated heterocycles. The molecular formula is C19H23N5O. The second-order valence-corrected chi connectivity index (χ2v) is 6.66. The summed E-state index contributed by atoms with van der Waals surface area (Å²) in [5.74, 6) is 0.232. The number of nitrogens with one attached hydrogen (secondary N) is 3. The molecule has 25 heavy (non-hydrogen) atoms. The normalized spacial score (nSPS) is 25.6. The molecule has 3 heterocycles. The Kier molecular flexibility index (Phi) is 4.15. The molecule has 2 aliphatic heterocycles. The molecule has 2 atom stereocenters. The molecule has 0 radical (unpaired) electrons. The molecule has 1 aromatic carbocycles. The van der Waals surface area contributed by atoms with Gasteiger partial charge in [-0.05, 0) is 38.4 Å². The van der Waals surface area contributed by atoms with Gasteiger partial charge in [0.1, 0.15) is 5.75 Å². The molecular weight excluding hydrogens is 314 g/mol. The van der Waals surface area contributed by atoms with E-state index in [2.05, 4.69) is 26.1 Å². The Bertz CT molecular complexity index is 800. The fraction of sp³-hybridized carbons (Fsp3) is 0.368. The first-order chi connectivity index (χ1) is 12.2. The van der Waals surface area contributed by atoms with Crippen LogP contribution in [0.2, 0.25) is 0 Å². The molecule has 6 nitrogen and oxygen atoms in total.